The predicted octanol–water partition coefficient (Wildman–Crippen LogP) is 4.27. The number of halogens is 2. The van der Waals surface area contributed by atoms with E-state index in [1.807, 2.05) is 43.1 Å². The van der Waals surface area contributed by atoms with Gasteiger partial charge in [0.1, 0.15) is 0 Å². The van der Waals surface area contributed by atoms with Crippen LogP contribution in [0, 0.1) is 5.82 Å². The van der Waals surface area contributed by atoms with Crippen LogP contribution in [0.1, 0.15) is 18.5 Å². The number of nitrogens with zero attached hydrogens (tertiary/aromatic N) is 1. The smallest absolute Gasteiger partial charge is 0.167 e. The highest BCUT2D eigenvalue weighted by atomic mass is 35.5. The Morgan fingerprint density at radius 3 is 2.62 bits per heavy atom. The molecule has 0 spiro atoms. The monoisotopic (exact) mass is 308 g/mol. The van der Waals surface area contributed by atoms with E-state index in [1.165, 1.54) is 13.2 Å². The van der Waals surface area contributed by atoms with Gasteiger partial charge in [-0.3, -0.25) is 0 Å². The van der Waals surface area contributed by atoms with Gasteiger partial charge in [0.25, 0.3) is 0 Å². The van der Waals surface area contributed by atoms with Crippen molar-refractivity contribution in [2.24, 2.45) is 0 Å². The summed E-state index contributed by atoms with van der Waals surface area (Å²) in [4.78, 5) is 1.96. The Bertz CT molecular complexity index is 648. The summed E-state index contributed by atoms with van der Waals surface area (Å²) in [6.45, 7) is 2.03. The van der Waals surface area contributed by atoms with Crippen LogP contribution in [0.5, 0.6) is 5.75 Å². The molecular formula is C16H18ClFN2O. The Kier molecular flexibility index (Phi) is 4.58. The van der Waals surface area contributed by atoms with E-state index in [1.54, 1.807) is 6.07 Å². The number of hydrogen-bond donors (Lipinski definition) is 1. The zero-order valence-electron chi connectivity index (χ0n) is 12.2. The Morgan fingerprint density at radius 1 is 1.29 bits per heavy atom. The van der Waals surface area contributed by atoms with Gasteiger partial charge in [-0.1, -0.05) is 23.7 Å². The number of methoxy groups -OCH3 is 1. The third kappa shape index (κ3) is 3.22. The first-order valence-electron chi connectivity index (χ1n) is 6.55. The standard InChI is InChI=1S/C16H18ClFN2O/c1-10(11-5-4-6-12(17)7-11)20(2)15-9-16(21-3)13(18)8-14(15)19/h4-10H,19H2,1-3H3. The van der Waals surface area contributed by atoms with Gasteiger partial charge in [-0.2, -0.15) is 0 Å². The third-order valence-corrected chi connectivity index (χ3v) is 3.83. The molecule has 0 heterocycles. The quantitative estimate of drug-likeness (QED) is 0.857. The van der Waals surface area contributed by atoms with Crippen LogP contribution in [0.2, 0.25) is 5.02 Å². The molecule has 0 aliphatic carbocycles. The molecular weight excluding hydrogens is 291 g/mol. The minimum atomic E-state index is -0.470. The summed E-state index contributed by atoms with van der Waals surface area (Å²) in [5.41, 5.74) is 8.05. The van der Waals surface area contributed by atoms with Gasteiger partial charge in [0.15, 0.2) is 11.6 Å². The summed E-state index contributed by atoms with van der Waals surface area (Å²) in [6, 6.07) is 10.5. The van der Waals surface area contributed by atoms with Crippen molar-refractivity contribution in [3.63, 3.8) is 0 Å². The lowest BCUT2D eigenvalue weighted by molar-refractivity contribution is 0.386. The SMILES string of the molecule is COc1cc(N(C)C(C)c2cccc(Cl)c2)c(N)cc1F. The second kappa shape index (κ2) is 6.22. The van der Waals surface area contributed by atoms with Crippen molar-refractivity contribution < 1.29 is 9.13 Å². The van der Waals surface area contributed by atoms with E-state index in [0.29, 0.717) is 16.4 Å². The molecule has 0 saturated carbocycles. The van der Waals surface area contributed by atoms with Crippen molar-refractivity contribution in [2.75, 3.05) is 24.8 Å². The zero-order chi connectivity index (χ0) is 15.6. The average Bonchev–Trinajstić information content (AvgIpc) is 2.46. The summed E-state index contributed by atoms with van der Waals surface area (Å²) in [5, 5.41) is 0.678. The summed E-state index contributed by atoms with van der Waals surface area (Å²) in [6.07, 6.45) is 0. The molecule has 0 saturated heterocycles. The van der Waals surface area contributed by atoms with Crippen LogP contribution in [-0.2, 0) is 0 Å². The molecule has 1 unspecified atom stereocenters. The molecule has 0 aliphatic rings. The molecule has 3 nitrogen and oxygen atoms in total. The van der Waals surface area contributed by atoms with Gasteiger partial charge in [-0.05, 0) is 24.6 Å². The number of ether oxygens (including phenoxy) is 1. The molecule has 2 aromatic rings. The summed E-state index contributed by atoms with van der Waals surface area (Å²) in [7, 11) is 3.33. The molecule has 0 radical (unpaired) electrons. The molecule has 2 rings (SSSR count). The van der Waals surface area contributed by atoms with Crippen molar-refractivity contribution in [1.82, 2.24) is 0 Å². The first kappa shape index (κ1) is 15.4. The van der Waals surface area contributed by atoms with Gasteiger partial charge in [0, 0.05) is 24.2 Å². The number of nitrogens with two attached hydrogens (primary N) is 1. The molecule has 2 N–H and O–H groups in total. The molecule has 0 aliphatic heterocycles. The normalized spacial score (nSPS) is 12.0. The number of hydrogen-bond acceptors (Lipinski definition) is 3. The minimum absolute atomic E-state index is 0.0289. The van der Waals surface area contributed by atoms with Crippen molar-refractivity contribution >= 4 is 23.0 Å². The molecule has 112 valence electrons. The fourth-order valence-corrected chi connectivity index (χ4v) is 2.42. The van der Waals surface area contributed by atoms with Gasteiger partial charge >= 0.3 is 0 Å². The highest BCUT2D eigenvalue weighted by Crippen LogP contribution is 2.34. The van der Waals surface area contributed by atoms with E-state index in [2.05, 4.69) is 0 Å². The summed E-state index contributed by atoms with van der Waals surface area (Å²) >= 11 is 6.03. The number of anilines is 2. The van der Waals surface area contributed by atoms with Gasteiger partial charge in [-0.25, -0.2) is 4.39 Å². The van der Waals surface area contributed by atoms with E-state index >= 15 is 0 Å². The van der Waals surface area contributed by atoms with Crippen LogP contribution < -0.4 is 15.4 Å². The number of benzene rings is 2. The Hall–Kier alpha value is -1.94. The van der Waals surface area contributed by atoms with Crippen LogP contribution in [0.3, 0.4) is 0 Å². The zero-order valence-corrected chi connectivity index (χ0v) is 13.0. The van der Waals surface area contributed by atoms with Gasteiger partial charge in [-0.15, -0.1) is 0 Å². The fourth-order valence-electron chi connectivity index (χ4n) is 2.22. The Labute approximate surface area is 129 Å². The number of rotatable bonds is 4. The molecule has 0 aromatic heterocycles. The largest absolute Gasteiger partial charge is 0.494 e. The molecule has 1 atom stereocenters. The molecule has 0 bridgehead atoms. The summed E-state index contributed by atoms with van der Waals surface area (Å²) < 4.78 is 18.6. The molecule has 2 aromatic carbocycles. The highest BCUT2D eigenvalue weighted by Gasteiger charge is 2.17. The lowest BCUT2D eigenvalue weighted by Crippen LogP contribution is -2.22. The second-order valence-corrected chi connectivity index (χ2v) is 5.32. The predicted molar refractivity (Wildman–Crippen MR) is 85.6 cm³/mol. The minimum Gasteiger partial charge on any atom is -0.494 e. The maximum absolute atomic E-state index is 13.6. The maximum Gasteiger partial charge on any atom is 0.167 e. The second-order valence-electron chi connectivity index (χ2n) is 4.89. The molecule has 0 fully saturated rings. The van der Waals surface area contributed by atoms with Gasteiger partial charge < -0.3 is 15.4 Å². The summed E-state index contributed by atoms with van der Waals surface area (Å²) in [5.74, 6) is -0.299. The topological polar surface area (TPSA) is 38.5 Å². The van der Waals surface area contributed by atoms with Crippen molar-refractivity contribution in [2.45, 2.75) is 13.0 Å². The maximum atomic E-state index is 13.6. The van der Waals surface area contributed by atoms with Gasteiger partial charge in [0.2, 0.25) is 0 Å². The lowest BCUT2D eigenvalue weighted by Gasteiger charge is -2.29. The van der Waals surface area contributed by atoms with Crippen LogP contribution in [0.25, 0.3) is 0 Å². The van der Waals surface area contributed by atoms with E-state index in [-0.39, 0.29) is 11.8 Å². The van der Waals surface area contributed by atoms with E-state index in [9.17, 15) is 4.39 Å². The van der Waals surface area contributed by atoms with E-state index < -0.39 is 5.82 Å². The Balaban J connectivity index is 2.37. The molecule has 0 amide bonds. The molecule has 5 heteroatoms. The first-order chi connectivity index (χ1) is 9.93. The first-order valence-corrected chi connectivity index (χ1v) is 6.93. The van der Waals surface area contributed by atoms with Crippen LogP contribution in [0.4, 0.5) is 15.8 Å². The molecule has 21 heavy (non-hydrogen) atoms. The van der Waals surface area contributed by atoms with Crippen molar-refractivity contribution in [3.05, 3.63) is 52.8 Å². The number of nitrogen functional groups attached to an aromatic ring is 1. The van der Waals surface area contributed by atoms with Crippen molar-refractivity contribution in [3.8, 4) is 5.75 Å². The third-order valence-electron chi connectivity index (χ3n) is 3.59. The van der Waals surface area contributed by atoms with E-state index in [0.717, 1.165) is 5.56 Å². The Morgan fingerprint density at radius 2 is 2.00 bits per heavy atom. The van der Waals surface area contributed by atoms with Gasteiger partial charge in [0.05, 0.1) is 24.5 Å². The highest BCUT2D eigenvalue weighted by molar-refractivity contribution is 6.30. The van der Waals surface area contributed by atoms with Crippen LogP contribution in [0.15, 0.2) is 36.4 Å². The van der Waals surface area contributed by atoms with Crippen LogP contribution in [-0.4, -0.2) is 14.2 Å². The van der Waals surface area contributed by atoms with E-state index in [4.69, 9.17) is 22.1 Å². The average molecular weight is 309 g/mol. The van der Waals surface area contributed by atoms with Crippen LogP contribution >= 0.6 is 11.6 Å². The lowest BCUT2D eigenvalue weighted by atomic mass is 10.1. The van der Waals surface area contributed by atoms with Crippen molar-refractivity contribution in [1.29, 1.82) is 0 Å². The fraction of sp³-hybridized carbons (Fsp3) is 0.250.